The number of fused-ring (bicyclic) bond motifs is 3. The van der Waals surface area contributed by atoms with Gasteiger partial charge in [-0.25, -0.2) is 9.97 Å². The van der Waals surface area contributed by atoms with E-state index in [-0.39, 0.29) is 12.5 Å². The Kier molecular flexibility index (Phi) is 6.69. The van der Waals surface area contributed by atoms with Gasteiger partial charge in [-0.2, -0.15) is 9.78 Å². The lowest BCUT2D eigenvalue weighted by molar-refractivity contribution is 0.0943. The SMILES string of the molecule is COCCCNC(=O)c1cnn(-c2ncc3c(n2)-c2ccccc2CCC3)c1COC. The standard InChI is InChI=1S/C23H27N5O3/c1-30-12-6-11-24-22(29)19-14-26-28(20(19)15-31-2)23-25-13-17-9-5-8-16-7-3-4-10-18(16)21(17)27-23/h3-4,7,10,13-14H,5-6,8-9,11-12,15H2,1-2H3,(H,24,29). The number of amides is 1. The van der Waals surface area contributed by atoms with Gasteiger partial charge < -0.3 is 14.8 Å². The molecule has 1 amide bonds. The zero-order valence-corrected chi connectivity index (χ0v) is 17.9. The van der Waals surface area contributed by atoms with E-state index < -0.39 is 0 Å². The maximum atomic E-state index is 12.7. The van der Waals surface area contributed by atoms with Crippen molar-refractivity contribution in [3.63, 3.8) is 0 Å². The van der Waals surface area contributed by atoms with Crippen molar-refractivity contribution in [2.75, 3.05) is 27.4 Å². The van der Waals surface area contributed by atoms with Crippen LogP contribution in [0.4, 0.5) is 0 Å². The molecular formula is C23H27N5O3. The van der Waals surface area contributed by atoms with E-state index in [0.29, 0.717) is 30.4 Å². The van der Waals surface area contributed by atoms with Gasteiger partial charge in [-0.15, -0.1) is 0 Å². The van der Waals surface area contributed by atoms with Gasteiger partial charge in [-0.3, -0.25) is 4.79 Å². The lowest BCUT2D eigenvalue weighted by Crippen LogP contribution is -2.26. The Bertz CT molecular complexity index is 1060. The van der Waals surface area contributed by atoms with Gasteiger partial charge in [0.05, 0.1) is 29.8 Å². The van der Waals surface area contributed by atoms with Crippen molar-refractivity contribution in [3.05, 3.63) is 59.0 Å². The van der Waals surface area contributed by atoms with Crippen LogP contribution in [0.1, 0.15) is 40.0 Å². The second kappa shape index (κ2) is 9.80. The van der Waals surface area contributed by atoms with Crippen LogP contribution in [0.2, 0.25) is 0 Å². The molecule has 4 rings (SSSR count). The molecule has 2 heterocycles. The van der Waals surface area contributed by atoms with Crippen LogP contribution in [0.5, 0.6) is 0 Å². The van der Waals surface area contributed by atoms with Crippen LogP contribution in [-0.2, 0) is 28.9 Å². The van der Waals surface area contributed by atoms with E-state index in [4.69, 9.17) is 14.5 Å². The van der Waals surface area contributed by atoms with Crippen LogP contribution in [0.25, 0.3) is 17.2 Å². The minimum Gasteiger partial charge on any atom is -0.385 e. The molecule has 1 N–H and O–H groups in total. The maximum absolute atomic E-state index is 12.7. The highest BCUT2D eigenvalue weighted by Crippen LogP contribution is 2.31. The van der Waals surface area contributed by atoms with Crippen LogP contribution in [0.3, 0.4) is 0 Å². The summed E-state index contributed by atoms with van der Waals surface area (Å²) >= 11 is 0. The minimum absolute atomic E-state index is 0.200. The first-order valence-corrected chi connectivity index (χ1v) is 10.5. The molecular weight excluding hydrogens is 394 g/mol. The summed E-state index contributed by atoms with van der Waals surface area (Å²) in [7, 11) is 3.23. The van der Waals surface area contributed by atoms with Crippen molar-refractivity contribution in [1.29, 1.82) is 0 Å². The van der Waals surface area contributed by atoms with Crippen LogP contribution in [0.15, 0.2) is 36.7 Å². The number of aryl methyl sites for hydroxylation is 2. The monoisotopic (exact) mass is 421 g/mol. The van der Waals surface area contributed by atoms with E-state index >= 15 is 0 Å². The molecule has 0 saturated heterocycles. The molecule has 0 bridgehead atoms. The van der Waals surface area contributed by atoms with E-state index in [2.05, 4.69) is 33.6 Å². The fraction of sp³-hybridized carbons (Fsp3) is 0.391. The molecule has 0 unspecified atom stereocenters. The molecule has 1 aliphatic rings. The van der Waals surface area contributed by atoms with Gasteiger partial charge in [-0.1, -0.05) is 24.3 Å². The molecule has 0 spiro atoms. The number of benzene rings is 1. The summed E-state index contributed by atoms with van der Waals surface area (Å²) < 4.78 is 12.0. The van der Waals surface area contributed by atoms with Crippen molar-refractivity contribution in [1.82, 2.24) is 25.1 Å². The first-order chi connectivity index (χ1) is 15.2. The lowest BCUT2D eigenvalue weighted by Gasteiger charge is -2.12. The van der Waals surface area contributed by atoms with E-state index in [1.165, 1.54) is 5.56 Å². The van der Waals surface area contributed by atoms with Crippen LogP contribution < -0.4 is 5.32 Å². The Hall–Kier alpha value is -3.10. The zero-order chi connectivity index (χ0) is 21.6. The maximum Gasteiger partial charge on any atom is 0.254 e. The van der Waals surface area contributed by atoms with E-state index in [9.17, 15) is 4.79 Å². The lowest BCUT2D eigenvalue weighted by atomic mass is 10.0. The van der Waals surface area contributed by atoms with Crippen molar-refractivity contribution in [2.24, 2.45) is 0 Å². The van der Waals surface area contributed by atoms with Crippen LogP contribution in [-0.4, -0.2) is 53.0 Å². The van der Waals surface area contributed by atoms with Crippen LogP contribution >= 0.6 is 0 Å². The molecule has 0 saturated carbocycles. The number of methoxy groups -OCH3 is 2. The molecule has 1 aromatic carbocycles. The van der Waals surface area contributed by atoms with Gasteiger partial charge in [0.25, 0.3) is 11.9 Å². The molecule has 8 heteroatoms. The number of hydrogen-bond donors (Lipinski definition) is 1. The van der Waals surface area contributed by atoms with Gasteiger partial charge >= 0.3 is 0 Å². The number of carbonyl (C=O) groups is 1. The third-order valence-corrected chi connectivity index (χ3v) is 5.41. The van der Waals surface area contributed by atoms with Gasteiger partial charge in [0.2, 0.25) is 0 Å². The molecule has 31 heavy (non-hydrogen) atoms. The normalized spacial score (nSPS) is 12.7. The molecule has 3 aromatic rings. The van der Waals surface area contributed by atoms with Crippen molar-refractivity contribution >= 4 is 5.91 Å². The fourth-order valence-electron chi connectivity index (χ4n) is 3.88. The second-order valence-electron chi connectivity index (χ2n) is 7.51. The van der Waals surface area contributed by atoms with E-state index in [1.54, 1.807) is 25.1 Å². The minimum atomic E-state index is -0.200. The second-order valence-corrected chi connectivity index (χ2v) is 7.51. The predicted molar refractivity (Wildman–Crippen MR) is 116 cm³/mol. The quantitative estimate of drug-likeness (QED) is 0.563. The third kappa shape index (κ3) is 4.50. The highest BCUT2D eigenvalue weighted by Gasteiger charge is 2.22. The summed E-state index contributed by atoms with van der Waals surface area (Å²) in [4.78, 5) is 22.1. The number of nitrogens with one attached hydrogen (secondary N) is 1. The summed E-state index contributed by atoms with van der Waals surface area (Å²) in [6.07, 6.45) is 7.18. The molecule has 1 aliphatic carbocycles. The number of rotatable bonds is 8. The summed E-state index contributed by atoms with van der Waals surface area (Å²) in [6.45, 7) is 1.34. The summed E-state index contributed by atoms with van der Waals surface area (Å²) in [5.74, 6) is 0.232. The molecule has 162 valence electrons. The Morgan fingerprint density at radius 2 is 1.97 bits per heavy atom. The number of ether oxygens (including phenoxy) is 2. The topological polar surface area (TPSA) is 91.2 Å². The van der Waals surface area contributed by atoms with Crippen molar-refractivity contribution in [2.45, 2.75) is 32.3 Å². The summed E-state index contributed by atoms with van der Waals surface area (Å²) in [5.41, 5.74) is 5.56. The largest absolute Gasteiger partial charge is 0.385 e. The van der Waals surface area contributed by atoms with Crippen LogP contribution in [0, 0.1) is 0 Å². The summed E-state index contributed by atoms with van der Waals surface area (Å²) in [6, 6.07) is 8.36. The molecule has 0 aliphatic heterocycles. The number of aromatic nitrogens is 4. The first kappa shape index (κ1) is 21.1. The van der Waals surface area contributed by atoms with Gasteiger partial charge in [-0.05, 0) is 36.8 Å². The Morgan fingerprint density at radius 3 is 2.81 bits per heavy atom. The van der Waals surface area contributed by atoms with Crippen molar-refractivity contribution in [3.8, 4) is 17.2 Å². The van der Waals surface area contributed by atoms with Gasteiger partial charge in [0.1, 0.15) is 0 Å². The molecule has 0 atom stereocenters. The van der Waals surface area contributed by atoms with E-state index in [0.717, 1.165) is 42.5 Å². The molecule has 8 nitrogen and oxygen atoms in total. The molecule has 0 radical (unpaired) electrons. The molecule has 2 aromatic heterocycles. The smallest absolute Gasteiger partial charge is 0.254 e. The Morgan fingerprint density at radius 1 is 1.13 bits per heavy atom. The number of carbonyl (C=O) groups excluding carboxylic acids is 1. The highest BCUT2D eigenvalue weighted by atomic mass is 16.5. The van der Waals surface area contributed by atoms with E-state index in [1.807, 2.05) is 12.3 Å². The fourth-order valence-corrected chi connectivity index (χ4v) is 3.88. The number of nitrogens with zero attached hydrogens (tertiary/aromatic N) is 4. The average molecular weight is 422 g/mol. The molecule has 0 fully saturated rings. The Balaban J connectivity index is 1.69. The van der Waals surface area contributed by atoms with Gasteiger partial charge in [0.15, 0.2) is 0 Å². The highest BCUT2D eigenvalue weighted by molar-refractivity contribution is 5.95. The Labute approximate surface area is 181 Å². The predicted octanol–water partition coefficient (Wildman–Crippen LogP) is 2.73. The summed E-state index contributed by atoms with van der Waals surface area (Å²) in [5, 5.41) is 7.32. The van der Waals surface area contributed by atoms with Gasteiger partial charge in [0, 0.05) is 39.1 Å². The number of hydrogen-bond acceptors (Lipinski definition) is 6. The first-order valence-electron chi connectivity index (χ1n) is 10.5. The zero-order valence-electron chi connectivity index (χ0n) is 17.9. The average Bonchev–Trinajstić information content (AvgIpc) is 3.12. The van der Waals surface area contributed by atoms with Crippen molar-refractivity contribution < 1.29 is 14.3 Å². The third-order valence-electron chi connectivity index (χ3n) is 5.41.